The summed E-state index contributed by atoms with van der Waals surface area (Å²) in [5.41, 5.74) is 0. The fourth-order valence-electron chi connectivity index (χ4n) is 3.01. The lowest BCUT2D eigenvalue weighted by Gasteiger charge is -2.34. The average molecular weight is 431 g/mol. The Labute approximate surface area is 177 Å². The predicted molar refractivity (Wildman–Crippen MR) is 113 cm³/mol. The summed E-state index contributed by atoms with van der Waals surface area (Å²) in [5, 5.41) is 10.4. The van der Waals surface area contributed by atoms with Crippen molar-refractivity contribution in [2.24, 2.45) is 0 Å². The molecule has 0 spiro atoms. The zero-order valence-corrected chi connectivity index (χ0v) is 17.5. The van der Waals surface area contributed by atoms with E-state index in [-0.39, 0.29) is 5.91 Å². The maximum absolute atomic E-state index is 12.5. The molecule has 3 heterocycles. The van der Waals surface area contributed by atoms with Gasteiger partial charge in [-0.1, -0.05) is 36.0 Å². The quantitative estimate of drug-likeness (QED) is 0.509. The minimum Gasteiger partial charge on any atom is -0.492 e. The molecule has 0 aliphatic carbocycles. The SMILES string of the molecule is O=C(CSc1nnc(-c2cccs2)o1)N1CCN(CCOc2ccccc2)CC1. The predicted octanol–water partition coefficient (Wildman–Crippen LogP) is 3.11. The molecule has 2 aromatic heterocycles. The second kappa shape index (κ2) is 9.91. The molecule has 1 aliphatic rings. The molecule has 1 aromatic carbocycles. The van der Waals surface area contributed by atoms with Crippen LogP contribution >= 0.6 is 23.1 Å². The highest BCUT2D eigenvalue weighted by atomic mass is 32.2. The number of hydrogen-bond acceptors (Lipinski definition) is 8. The van der Waals surface area contributed by atoms with Crippen LogP contribution in [0.15, 0.2) is 57.5 Å². The van der Waals surface area contributed by atoms with Crippen molar-refractivity contribution in [3.63, 3.8) is 0 Å². The number of piperazine rings is 1. The Hall–Kier alpha value is -2.36. The van der Waals surface area contributed by atoms with E-state index in [0.717, 1.165) is 43.4 Å². The third-order valence-electron chi connectivity index (χ3n) is 4.60. The van der Waals surface area contributed by atoms with E-state index in [1.807, 2.05) is 52.7 Å². The van der Waals surface area contributed by atoms with Gasteiger partial charge in [-0.25, -0.2) is 0 Å². The maximum Gasteiger partial charge on any atom is 0.277 e. The smallest absolute Gasteiger partial charge is 0.277 e. The van der Waals surface area contributed by atoms with Crippen molar-refractivity contribution in [3.8, 4) is 16.5 Å². The van der Waals surface area contributed by atoms with Crippen molar-refractivity contribution in [1.82, 2.24) is 20.0 Å². The number of carbonyl (C=O) groups excluding carboxylic acids is 1. The molecule has 152 valence electrons. The number of rotatable bonds is 8. The van der Waals surface area contributed by atoms with Gasteiger partial charge in [0, 0.05) is 32.7 Å². The molecule has 0 atom stereocenters. The fourth-order valence-corrected chi connectivity index (χ4v) is 4.32. The first-order valence-electron chi connectivity index (χ1n) is 9.46. The topological polar surface area (TPSA) is 71.7 Å². The standard InChI is InChI=1S/C20H22N4O3S2/c25-18(15-29-20-22-21-19(27-20)17-7-4-14-28-17)24-10-8-23(9-11-24)12-13-26-16-5-2-1-3-6-16/h1-7,14H,8-13,15H2. The van der Waals surface area contributed by atoms with Crippen LogP contribution in [0.5, 0.6) is 5.75 Å². The number of benzene rings is 1. The Balaban J connectivity index is 1.15. The van der Waals surface area contributed by atoms with Crippen LogP contribution in [0.4, 0.5) is 0 Å². The lowest BCUT2D eigenvalue weighted by molar-refractivity contribution is -0.130. The van der Waals surface area contributed by atoms with E-state index in [2.05, 4.69) is 15.1 Å². The van der Waals surface area contributed by atoms with Gasteiger partial charge in [0.05, 0.1) is 10.6 Å². The lowest BCUT2D eigenvalue weighted by atomic mass is 10.3. The molecule has 29 heavy (non-hydrogen) atoms. The number of aromatic nitrogens is 2. The number of thioether (sulfide) groups is 1. The number of hydrogen-bond donors (Lipinski definition) is 0. The van der Waals surface area contributed by atoms with Crippen LogP contribution < -0.4 is 4.74 Å². The third-order valence-corrected chi connectivity index (χ3v) is 6.26. The molecule has 4 rings (SSSR count). The average Bonchev–Trinajstić information content (AvgIpc) is 3.45. The highest BCUT2D eigenvalue weighted by Crippen LogP contribution is 2.26. The minimum absolute atomic E-state index is 0.103. The Kier molecular flexibility index (Phi) is 6.81. The van der Waals surface area contributed by atoms with Gasteiger partial charge in [-0.05, 0) is 23.6 Å². The number of amides is 1. The normalized spacial score (nSPS) is 14.8. The van der Waals surface area contributed by atoms with Crippen LogP contribution in [0.3, 0.4) is 0 Å². The maximum atomic E-state index is 12.5. The number of carbonyl (C=O) groups is 1. The monoisotopic (exact) mass is 430 g/mol. The fraction of sp³-hybridized carbons (Fsp3) is 0.350. The van der Waals surface area contributed by atoms with Gasteiger partial charge in [0.15, 0.2) is 0 Å². The largest absolute Gasteiger partial charge is 0.492 e. The van der Waals surface area contributed by atoms with Crippen LogP contribution in [-0.4, -0.2) is 71.0 Å². The van der Waals surface area contributed by atoms with E-state index in [0.29, 0.717) is 23.5 Å². The first kappa shape index (κ1) is 19.9. The highest BCUT2D eigenvalue weighted by molar-refractivity contribution is 7.99. The Bertz CT molecular complexity index is 894. The molecule has 9 heteroatoms. The van der Waals surface area contributed by atoms with Gasteiger partial charge >= 0.3 is 0 Å². The van der Waals surface area contributed by atoms with Crippen LogP contribution in [0.2, 0.25) is 0 Å². The van der Waals surface area contributed by atoms with Gasteiger partial charge < -0.3 is 14.1 Å². The van der Waals surface area contributed by atoms with Crippen LogP contribution in [0.1, 0.15) is 0 Å². The summed E-state index contributed by atoms with van der Waals surface area (Å²) >= 11 is 2.84. The van der Waals surface area contributed by atoms with Crippen molar-refractivity contribution in [1.29, 1.82) is 0 Å². The van der Waals surface area contributed by atoms with E-state index < -0.39 is 0 Å². The van der Waals surface area contributed by atoms with Crippen molar-refractivity contribution >= 4 is 29.0 Å². The molecular formula is C20H22N4O3S2. The molecule has 1 fully saturated rings. The number of para-hydroxylation sites is 1. The van der Waals surface area contributed by atoms with E-state index >= 15 is 0 Å². The molecular weight excluding hydrogens is 408 g/mol. The summed E-state index contributed by atoms with van der Waals surface area (Å²) in [7, 11) is 0. The summed E-state index contributed by atoms with van der Waals surface area (Å²) in [4.78, 5) is 17.6. The lowest BCUT2D eigenvalue weighted by Crippen LogP contribution is -2.50. The zero-order valence-electron chi connectivity index (χ0n) is 15.9. The number of ether oxygens (including phenoxy) is 1. The molecule has 0 saturated carbocycles. The Morgan fingerprint density at radius 2 is 1.93 bits per heavy atom. The molecule has 0 radical (unpaired) electrons. The second-order valence-electron chi connectivity index (χ2n) is 6.52. The van der Waals surface area contributed by atoms with Crippen LogP contribution in [0.25, 0.3) is 10.8 Å². The van der Waals surface area contributed by atoms with Crippen LogP contribution in [0, 0.1) is 0 Å². The van der Waals surface area contributed by atoms with Gasteiger partial charge in [-0.3, -0.25) is 9.69 Å². The minimum atomic E-state index is 0.103. The first-order valence-corrected chi connectivity index (χ1v) is 11.3. The van der Waals surface area contributed by atoms with Gasteiger partial charge in [-0.15, -0.1) is 21.5 Å². The molecule has 0 N–H and O–H groups in total. The molecule has 7 nitrogen and oxygen atoms in total. The Morgan fingerprint density at radius 1 is 1.10 bits per heavy atom. The number of nitrogens with zero attached hydrogens (tertiary/aromatic N) is 4. The summed E-state index contributed by atoms with van der Waals surface area (Å²) in [6, 6.07) is 13.7. The third kappa shape index (κ3) is 5.59. The molecule has 0 bridgehead atoms. The van der Waals surface area contributed by atoms with Crippen molar-refractivity contribution in [2.75, 3.05) is 45.1 Å². The molecule has 1 amide bonds. The first-order chi connectivity index (χ1) is 14.3. The second-order valence-corrected chi connectivity index (χ2v) is 8.40. The van der Waals surface area contributed by atoms with E-state index in [1.165, 1.54) is 11.8 Å². The van der Waals surface area contributed by atoms with Gasteiger partial charge in [0.25, 0.3) is 11.1 Å². The molecule has 0 unspecified atom stereocenters. The summed E-state index contributed by atoms with van der Waals surface area (Å²) in [6.45, 7) is 4.69. The van der Waals surface area contributed by atoms with Crippen LogP contribution in [-0.2, 0) is 4.79 Å². The van der Waals surface area contributed by atoms with E-state index in [1.54, 1.807) is 11.3 Å². The van der Waals surface area contributed by atoms with Gasteiger partial charge in [-0.2, -0.15) is 0 Å². The summed E-state index contributed by atoms with van der Waals surface area (Å²) in [5.74, 6) is 1.80. The van der Waals surface area contributed by atoms with Crippen molar-refractivity contribution in [3.05, 3.63) is 47.8 Å². The molecule has 1 aliphatic heterocycles. The van der Waals surface area contributed by atoms with Gasteiger partial charge in [0.1, 0.15) is 12.4 Å². The van der Waals surface area contributed by atoms with E-state index in [4.69, 9.17) is 9.15 Å². The Morgan fingerprint density at radius 3 is 2.69 bits per heavy atom. The zero-order chi connectivity index (χ0) is 19.9. The summed E-state index contributed by atoms with van der Waals surface area (Å²) < 4.78 is 11.4. The highest BCUT2D eigenvalue weighted by Gasteiger charge is 2.22. The molecule has 1 saturated heterocycles. The summed E-state index contributed by atoms with van der Waals surface area (Å²) in [6.07, 6.45) is 0. The van der Waals surface area contributed by atoms with E-state index in [9.17, 15) is 4.79 Å². The molecule has 3 aromatic rings. The van der Waals surface area contributed by atoms with Gasteiger partial charge in [0.2, 0.25) is 5.91 Å². The number of thiophene rings is 1. The van der Waals surface area contributed by atoms with Crippen molar-refractivity contribution in [2.45, 2.75) is 5.22 Å². The van der Waals surface area contributed by atoms with Crippen molar-refractivity contribution < 1.29 is 13.9 Å².